The van der Waals surface area contributed by atoms with Crippen LogP contribution in [0.1, 0.15) is 39.3 Å². The van der Waals surface area contributed by atoms with Gasteiger partial charge in [-0.25, -0.2) is 8.78 Å². The largest absolute Gasteiger partial charge is 0.868 e. The number of carbonyl (C=O) groups excluding carboxylic acids is 2. The molecule has 0 saturated carbocycles. The first-order valence-electron chi connectivity index (χ1n) is 10.1. The summed E-state index contributed by atoms with van der Waals surface area (Å²) in [4.78, 5) is 41.9. The molecule has 31 heavy (non-hydrogen) atoms. The average Bonchev–Trinajstić information content (AvgIpc) is 3.32. The fraction of sp³-hybridized carbons (Fsp3) is 0.381. The van der Waals surface area contributed by atoms with Gasteiger partial charge in [0.2, 0.25) is 0 Å². The van der Waals surface area contributed by atoms with Gasteiger partial charge in [0.25, 0.3) is 11.8 Å². The highest BCUT2D eigenvalue weighted by molar-refractivity contribution is 5.99. The zero-order chi connectivity index (χ0) is 21.9. The summed E-state index contributed by atoms with van der Waals surface area (Å²) in [6.07, 6.45) is 3.04. The van der Waals surface area contributed by atoms with Gasteiger partial charge >= 0.3 is 0 Å². The van der Waals surface area contributed by atoms with E-state index in [4.69, 9.17) is 0 Å². The van der Waals surface area contributed by atoms with Crippen molar-refractivity contribution in [3.8, 4) is 5.75 Å². The van der Waals surface area contributed by atoms with Gasteiger partial charge in [0, 0.05) is 43.5 Å². The third kappa shape index (κ3) is 3.09. The lowest BCUT2D eigenvalue weighted by Crippen LogP contribution is -2.51. The molecular weight excluding hydrogens is 410 g/mol. The predicted octanol–water partition coefficient (Wildman–Crippen LogP) is 0.390. The van der Waals surface area contributed by atoms with Gasteiger partial charge in [-0.2, -0.15) is 0 Å². The summed E-state index contributed by atoms with van der Waals surface area (Å²) in [7, 11) is 0. The van der Waals surface area contributed by atoms with E-state index in [1.165, 1.54) is 16.8 Å². The van der Waals surface area contributed by atoms with E-state index in [1.54, 1.807) is 4.90 Å². The van der Waals surface area contributed by atoms with Gasteiger partial charge in [-0.15, -0.1) is 0 Å². The Morgan fingerprint density at radius 2 is 2.03 bits per heavy atom. The van der Waals surface area contributed by atoms with Crippen LogP contribution in [0.2, 0.25) is 0 Å². The topological polar surface area (TPSA) is 97.7 Å². The van der Waals surface area contributed by atoms with Crippen molar-refractivity contribution in [3.05, 3.63) is 63.1 Å². The highest BCUT2D eigenvalue weighted by Gasteiger charge is 2.47. The maximum Gasteiger partial charge on any atom is 0.271 e. The summed E-state index contributed by atoms with van der Waals surface area (Å²) >= 11 is 0. The number of hydrogen-bond acceptors (Lipinski definition) is 5. The van der Waals surface area contributed by atoms with Gasteiger partial charge in [0.15, 0.2) is 5.43 Å². The fourth-order valence-electron chi connectivity index (χ4n) is 4.81. The summed E-state index contributed by atoms with van der Waals surface area (Å²) in [5.41, 5.74) is -1.68. The van der Waals surface area contributed by atoms with Crippen LogP contribution >= 0.6 is 0 Å². The van der Waals surface area contributed by atoms with Gasteiger partial charge in [-0.3, -0.25) is 19.3 Å². The van der Waals surface area contributed by atoms with Crippen molar-refractivity contribution in [1.82, 2.24) is 19.7 Å². The lowest BCUT2D eigenvalue weighted by molar-refractivity contribution is -0.271. The Morgan fingerprint density at radius 1 is 1.23 bits per heavy atom. The summed E-state index contributed by atoms with van der Waals surface area (Å²) < 4.78 is 28.2. The number of aromatic nitrogens is 1. The Hall–Kier alpha value is -3.27. The van der Waals surface area contributed by atoms with Gasteiger partial charge in [0.1, 0.15) is 29.1 Å². The molecule has 0 bridgehead atoms. The van der Waals surface area contributed by atoms with Gasteiger partial charge in [0.05, 0.1) is 6.54 Å². The van der Waals surface area contributed by atoms with Crippen molar-refractivity contribution in [2.75, 3.05) is 13.1 Å². The number of fused-ring (bicyclic) bond motifs is 4. The Balaban J connectivity index is 1.43. The molecule has 2 fully saturated rings. The SMILES string of the molecule is O=C(NCc1ccc(F)cc1F)c1cn2c(c([O-])c1=O)C(=O)N1C[C@H]3CCCN3[C@@H]1C2. The van der Waals surface area contributed by atoms with E-state index in [0.717, 1.165) is 25.5 Å². The molecule has 0 unspecified atom stereocenters. The first-order chi connectivity index (χ1) is 14.8. The molecule has 10 heteroatoms. The van der Waals surface area contributed by atoms with E-state index >= 15 is 0 Å². The zero-order valence-corrected chi connectivity index (χ0v) is 16.4. The first-order valence-corrected chi connectivity index (χ1v) is 10.1. The van der Waals surface area contributed by atoms with Crippen LogP contribution in [-0.4, -0.2) is 51.5 Å². The molecule has 0 spiro atoms. The second-order valence-corrected chi connectivity index (χ2v) is 8.09. The van der Waals surface area contributed by atoms with Crippen LogP contribution in [-0.2, 0) is 13.1 Å². The van der Waals surface area contributed by atoms with Crippen molar-refractivity contribution < 1.29 is 23.5 Å². The molecular formula is C21H19F2N4O4-. The van der Waals surface area contributed by atoms with Crippen molar-refractivity contribution in [1.29, 1.82) is 0 Å². The minimum absolute atomic E-state index is 0.0343. The number of carbonyl (C=O) groups is 2. The zero-order valence-electron chi connectivity index (χ0n) is 16.4. The Morgan fingerprint density at radius 3 is 2.81 bits per heavy atom. The van der Waals surface area contributed by atoms with Crippen LogP contribution in [0.25, 0.3) is 0 Å². The molecule has 8 nitrogen and oxygen atoms in total. The second-order valence-electron chi connectivity index (χ2n) is 8.09. The van der Waals surface area contributed by atoms with Crippen LogP contribution < -0.4 is 15.9 Å². The average molecular weight is 429 g/mol. The molecule has 1 aromatic heterocycles. The number of nitrogens with one attached hydrogen (secondary N) is 1. The molecule has 5 rings (SSSR count). The van der Waals surface area contributed by atoms with Crippen LogP contribution in [0, 0.1) is 11.6 Å². The molecule has 2 atom stereocenters. The predicted molar refractivity (Wildman–Crippen MR) is 102 cm³/mol. The van der Waals surface area contributed by atoms with Gasteiger partial charge in [-0.1, -0.05) is 6.07 Å². The van der Waals surface area contributed by atoms with Crippen molar-refractivity contribution in [3.63, 3.8) is 0 Å². The molecule has 4 heterocycles. The van der Waals surface area contributed by atoms with E-state index in [1.807, 2.05) is 0 Å². The smallest absolute Gasteiger partial charge is 0.271 e. The number of pyridine rings is 1. The lowest BCUT2D eigenvalue weighted by Gasteiger charge is -2.37. The monoisotopic (exact) mass is 429 g/mol. The van der Waals surface area contributed by atoms with E-state index in [-0.39, 0.29) is 30.0 Å². The molecule has 1 aromatic carbocycles. The summed E-state index contributed by atoms with van der Waals surface area (Å²) in [5, 5.41) is 15.1. The van der Waals surface area contributed by atoms with Gasteiger partial charge in [-0.05, 0) is 24.7 Å². The number of benzene rings is 1. The minimum atomic E-state index is -1.07. The van der Waals surface area contributed by atoms with E-state index in [9.17, 15) is 28.3 Å². The molecule has 3 aliphatic heterocycles. The van der Waals surface area contributed by atoms with E-state index in [0.29, 0.717) is 19.2 Å². The Labute approximate surface area is 175 Å². The summed E-state index contributed by atoms with van der Waals surface area (Å²) in [6, 6.07) is 3.18. The molecule has 2 amide bonds. The van der Waals surface area contributed by atoms with Gasteiger partial charge < -0.3 is 19.9 Å². The quantitative estimate of drug-likeness (QED) is 0.762. The molecule has 1 N–H and O–H groups in total. The van der Waals surface area contributed by atoms with Crippen LogP contribution in [0.4, 0.5) is 8.78 Å². The maximum absolute atomic E-state index is 13.8. The maximum atomic E-state index is 13.8. The van der Waals surface area contributed by atoms with E-state index < -0.39 is 40.2 Å². The Bertz CT molecular complexity index is 1160. The third-order valence-electron chi connectivity index (χ3n) is 6.33. The number of nitrogens with zero attached hydrogens (tertiary/aromatic N) is 3. The van der Waals surface area contributed by atoms with E-state index in [2.05, 4.69) is 10.2 Å². The lowest BCUT2D eigenvalue weighted by atomic mass is 10.1. The van der Waals surface area contributed by atoms with Crippen LogP contribution in [0.3, 0.4) is 0 Å². The van der Waals surface area contributed by atoms with Crippen molar-refractivity contribution in [2.45, 2.75) is 38.1 Å². The number of hydrogen-bond donors (Lipinski definition) is 1. The highest BCUT2D eigenvalue weighted by Crippen LogP contribution is 2.34. The van der Waals surface area contributed by atoms with Crippen LogP contribution in [0.15, 0.2) is 29.2 Å². The standard InChI is InChI=1S/C21H20F2N4O4/c22-12-4-3-11(15(23)6-12)7-24-20(30)14-9-25-10-16-26-5-1-2-13(26)8-27(16)21(31)17(25)19(29)18(14)28/h3-4,6,9,13,16,29H,1-2,5,7-8,10H2,(H,24,30)/p-1/t13-,16+/m1/s1. The summed E-state index contributed by atoms with van der Waals surface area (Å²) in [6.45, 7) is 1.39. The molecule has 162 valence electrons. The normalized spacial score (nSPS) is 22.3. The fourth-order valence-corrected chi connectivity index (χ4v) is 4.81. The minimum Gasteiger partial charge on any atom is -0.868 e. The van der Waals surface area contributed by atoms with Crippen molar-refractivity contribution in [2.24, 2.45) is 0 Å². The Kier molecular flexibility index (Phi) is 4.54. The molecule has 3 aliphatic rings. The van der Waals surface area contributed by atoms with Crippen molar-refractivity contribution >= 4 is 11.8 Å². The number of rotatable bonds is 3. The highest BCUT2D eigenvalue weighted by atomic mass is 19.1. The third-order valence-corrected chi connectivity index (χ3v) is 6.33. The number of amides is 2. The molecule has 2 aromatic rings. The second kappa shape index (κ2) is 7.16. The molecule has 2 saturated heterocycles. The number of halogens is 2. The molecule has 0 aliphatic carbocycles. The first kappa shape index (κ1) is 19.7. The molecule has 0 radical (unpaired) electrons. The van der Waals surface area contributed by atoms with Crippen LogP contribution in [0.5, 0.6) is 5.75 Å². The summed E-state index contributed by atoms with van der Waals surface area (Å²) in [5.74, 6) is -3.95.